The number of phenolic OH excluding ortho intramolecular Hbond substituents is 1. The zero-order chi connectivity index (χ0) is 14.9. The summed E-state index contributed by atoms with van der Waals surface area (Å²) in [5, 5.41) is 13.5. The molecular formula is C18H27NO2. The van der Waals surface area contributed by atoms with E-state index >= 15 is 0 Å². The quantitative estimate of drug-likeness (QED) is 0.888. The van der Waals surface area contributed by atoms with Gasteiger partial charge in [0.05, 0.1) is 5.60 Å². The Morgan fingerprint density at radius 3 is 2.86 bits per heavy atom. The van der Waals surface area contributed by atoms with E-state index in [-0.39, 0.29) is 5.60 Å². The molecule has 0 amide bonds. The van der Waals surface area contributed by atoms with Gasteiger partial charge in [0, 0.05) is 18.7 Å². The molecule has 0 aromatic heterocycles. The van der Waals surface area contributed by atoms with Gasteiger partial charge >= 0.3 is 0 Å². The van der Waals surface area contributed by atoms with E-state index in [0.717, 1.165) is 45.1 Å². The fraction of sp³-hybridized carbons (Fsp3) is 0.667. The van der Waals surface area contributed by atoms with Crippen LogP contribution in [0.5, 0.6) is 5.75 Å². The second-order valence-electron chi connectivity index (χ2n) is 6.57. The fourth-order valence-electron chi connectivity index (χ4n) is 3.97. The van der Waals surface area contributed by atoms with Gasteiger partial charge in [-0.3, -0.25) is 0 Å². The number of hydrogen-bond acceptors (Lipinski definition) is 3. The normalized spacial score (nSPS) is 27.5. The molecule has 116 valence electrons. The molecule has 1 fully saturated rings. The summed E-state index contributed by atoms with van der Waals surface area (Å²) in [4.78, 5) is 0. The van der Waals surface area contributed by atoms with Crippen LogP contribution in [0.4, 0.5) is 0 Å². The van der Waals surface area contributed by atoms with Gasteiger partial charge in [0.25, 0.3) is 0 Å². The molecule has 1 saturated heterocycles. The molecule has 21 heavy (non-hydrogen) atoms. The highest BCUT2D eigenvalue weighted by molar-refractivity contribution is 5.40. The van der Waals surface area contributed by atoms with Crippen molar-refractivity contribution in [3.05, 3.63) is 29.3 Å². The number of aryl methyl sites for hydroxylation is 1. The van der Waals surface area contributed by atoms with Crippen molar-refractivity contribution >= 4 is 0 Å². The van der Waals surface area contributed by atoms with Gasteiger partial charge in [-0.05, 0) is 61.8 Å². The lowest BCUT2D eigenvalue weighted by Gasteiger charge is -2.41. The smallest absolute Gasteiger partial charge is 0.115 e. The van der Waals surface area contributed by atoms with Crippen LogP contribution in [-0.2, 0) is 11.2 Å². The molecule has 1 aliphatic heterocycles. The molecule has 1 aromatic rings. The largest absolute Gasteiger partial charge is 0.508 e. The van der Waals surface area contributed by atoms with E-state index in [1.807, 2.05) is 12.1 Å². The number of fused-ring (bicyclic) bond motifs is 1. The summed E-state index contributed by atoms with van der Waals surface area (Å²) in [6.45, 7) is 5.34. The topological polar surface area (TPSA) is 41.5 Å². The molecule has 1 aliphatic carbocycles. The third-order valence-corrected chi connectivity index (χ3v) is 5.42. The summed E-state index contributed by atoms with van der Waals surface area (Å²) in [7, 11) is 0. The molecule has 3 nitrogen and oxygen atoms in total. The standard InChI is InChI=1S/C18H27NO2/c1-3-18(4-2)12-14(9-10-21-18)19-17-8-5-13-11-15(20)6-7-16(13)17/h6-7,11,14,17,19-20H,3-5,8-10,12H2,1-2H3. The first kappa shape index (κ1) is 14.9. The van der Waals surface area contributed by atoms with Gasteiger partial charge in [-0.1, -0.05) is 19.9 Å². The van der Waals surface area contributed by atoms with Crippen LogP contribution in [0.3, 0.4) is 0 Å². The van der Waals surface area contributed by atoms with E-state index in [4.69, 9.17) is 4.74 Å². The third-order valence-electron chi connectivity index (χ3n) is 5.42. The molecule has 0 saturated carbocycles. The number of hydrogen-bond donors (Lipinski definition) is 2. The Bertz CT molecular complexity index is 496. The predicted molar refractivity (Wildman–Crippen MR) is 84.6 cm³/mol. The number of ether oxygens (including phenoxy) is 1. The summed E-state index contributed by atoms with van der Waals surface area (Å²) in [6, 6.07) is 6.80. The Kier molecular flexibility index (Phi) is 4.23. The highest BCUT2D eigenvalue weighted by Gasteiger charge is 2.36. The molecule has 0 radical (unpaired) electrons. The van der Waals surface area contributed by atoms with Gasteiger partial charge < -0.3 is 15.2 Å². The second kappa shape index (κ2) is 5.98. The van der Waals surface area contributed by atoms with Crippen LogP contribution in [0.2, 0.25) is 0 Å². The molecule has 1 aromatic carbocycles. The minimum Gasteiger partial charge on any atom is -0.508 e. The molecule has 2 atom stereocenters. The highest BCUT2D eigenvalue weighted by Crippen LogP contribution is 2.36. The van der Waals surface area contributed by atoms with Gasteiger partial charge in [-0.25, -0.2) is 0 Å². The summed E-state index contributed by atoms with van der Waals surface area (Å²) < 4.78 is 6.07. The van der Waals surface area contributed by atoms with Crippen LogP contribution in [0.15, 0.2) is 18.2 Å². The lowest BCUT2D eigenvalue weighted by molar-refractivity contribution is -0.0941. The molecule has 0 bridgehead atoms. The van der Waals surface area contributed by atoms with E-state index in [0.29, 0.717) is 17.8 Å². The van der Waals surface area contributed by atoms with Crippen molar-refractivity contribution in [2.24, 2.45) is 0 Å². The zero-order valence-electron chi connectivity index (χ0n) is 13.2. The molecule has 2 unspecified atom stereocenters. The predicted octanol–water partition coefficient (Wildman–Crippen LogP) is 3.71. The monoisotopic (exact) mass is 289 g/mol. The van der Waals surface area contributed by atoms with E-state index in [2.05, 4.69) is 25.2 Å². The van der Waals surface area contributed by atoms with E-state index in [9.17, 15) is 5.11 Å². The van der Waals surface area contributed by atoms with Crippen LogP contribution in [0, 0.1) is 0 Å². The number of rotatable bonds is 4. The molecule has 1 heterocycles. The van der Waals surface area contributed by atoms with Gasteiger partial charge in [0.2, 0.25) is 0 Å². The highest BCUT2D eigenvalue weighted by atomic mass is 16.5. The minimum atomic E-state index is 0.0757. The Balaban J connectivity index is 1.68. The first-order valence-electron chi connectivity index (χ1n) is 8.37. The number of phenols is 1. The lowest BCUT2D eigenvalue weighted by atomic mass is 9.85. The van der Waals surface area contributed by atoms with Crippen molar-refractivity contribution in [1.29, 1.82) is 0 Å². The van der Waals surface area contributed by atoms with Crippen LogP contribution in [0.1, 0.15) is 63.1 Å². The molecule has 2 aliphatic rings. The molecule has 3 heteroatoms. The minimum absolute atomic E-state index is 0.0757. The van der Waals surface area contributed by atoms with Crippen molar-refractivity contribution in [3.8, 4) is 5.75 Å². The first-order valence-corrected chi connectivity index (χ1v) is 8.37. The summed E-state index contributed by atoms with van der Waals surface area (Å²) >= 11 is 0. The number of aromatic hydroxyl groups is 1. The van der Waals surface area contributed by atoms with Crippen LogP contribution in [-0.4, -0.2) is 23.4 Å². The molecular weight excluding hydrogens is 262 g/mol. The maximum atomic E-state index is 9.60. The Labute approximate surface area is 127 Å². The Morgan fingerprint density at radius 1 is 1.29 bits per heavy atom. The maximum Gasteiger partial charge on any atom is 0.115 e. The average molecular weight is 289 g/mol. The Morgan fingerprint density at radius 2 is 2.10 bits per heavy atom. The van der Waals surface area contributed by atoms with Gasteiger partial charge in [-0.2, -0.15) is 0 Å². The SMILES string of the molecule is CCC1(CC)CC(NC2CCc3cc(O)ccc32)CCO1. The first-order chi connectivity index (χ1) is 10.2. The number of benzene rings is 1. The van der Waals surface area contributed by atoms with Crippen molar-refractivity contribution in [3.63, 3.8) is 0 Å². The van der Waals surface area contributed by atoms with Crippen molar-refractivity contribution in [2.45, 2.75) is 70.1 Å². The van der Waals surface area contributed by atoms with Crippen molar-refractivity contribution in [2.75, 3.05) is 6.61 Å². The molecule has 2 N–H and O–H groups in total. The summed E-state index contributed by atoms with van der Waals surface area (Å²) in [5.41, 5.74) is 2.75. The molecule has 0 spiro atoms. The van der Waals surface area contributed by atoms with E-state index < -0.39 is 0 Å². The van der Waals surface area contributed by atoms with Crippen LogP contribution >= 0.6 is 0 Å². The maximum absolute atomic E-state index is 9.60. The fourth-order valence-corrected chi connectivity index (χ4v) is 3.97. The van der Waals surface area contributed by atoms with E-state index in [1.165, 1.54) is 11.1 Å². The zero-order valence-corrected chi connectivity index (χ0v) is 13.2. The third kappa shape index (κ3) is 2.95. The molecule has 3 rings (SSSR count). The van der Waals surface area contributed by atoms with Crippen molar-refractivity contribution < 1.29 is 9.84 Å². The number of nitrogens with one attached hydrogen (secondary N) is 1. The summed E-state index contributed by atoms with van der Waals surface area (Å²) in [6.07, 6.45) is 6.61. The second-order valence-corrected chi connectivity index (χ2v) is 6.57. The Hall–Kier alpha value is -1.06. The summed E-state index contributed by atoms with van der Waals surface area (Å²) in [5.74, 6) is 0.386. The van der Waals surface area contributed by atoms with Crippen LogP contribution in [0.25, 0.3) is 0 Å². The van der Waals surface area contributed by atoms with Gasteiger partial charge in [0.1, 0.15) is 5.75 Å². The lowest BCUT2D eigenvalue weighted by Crippen LogP contribution is -2.47. The van der Waals surface area contributed by atoms with E-state index in [1.54, 1.807) is 0 Å². The van der Waals surface area contributed by atoms with Crippen molar-refractivity contribution in [1.82, 2.24) is 5.32 Å². The van der Waals surface area contributed by atoms with Gasteiger partial charge in [-0.15, -0.1) is 0 Å². The average Bonchev–Trinajstić information content (AvgIpc) is 2.89. The van der Waals surface area contributed by atoms with Crippen LogP contribution < -0.4 is 5.32 Å². The van der Waals surface area contributed by atoms with Gasteiger partial charge in [0.15, 0.2) is 0 Å².